The van der Waals surface area contributed by atoms with Gasteiger partial charge in [0.25, 0.3) is 5.91 Å². The smallest absolute Gasteiger partial charge is 0.254 e. The molecule has 0 spiro atoms. The van der Waals surface area contributed by atoms with Crippen molar-refractivity contribution >= 4 is 5.91 Å². The average Bonchev–Trinajstić information content (AvgIpc) is 3.50. The van der Waals surface area contributed by atoms with E-state index in [9.17, 15) is 4.79 Å². The summed E-state index contributed by atoms with van der Waals surface area (Å²) >= 11 is 0. The third-order valence-electron chi connectivity index (χ3n) is 5.62. The summed E-state index contributed by atoms with van der Waals surface area (Å²) < 4.78 is 22.2. The van der Waals surface area contributed by atoms with Crippen molar-refractivity contribution in [3.05, 3.63) is 65.4 Å². The van der Waals surface area contributed by atoms with Crippen LogP contribution in [0.2, 0.25) is 0 Å². The number of carbonyl (C=O) groups is 1. The van der Waals surface area contributed by atoms with Gasteiger partial charge in [0.15, 0.2) is 5.76 Å². The van der Waals surface area contributed by atoms with Gasteiger partial charge in [-0.15, -0.1) is 0 Å². The van der Waals surface area contributed by atoms with Gasteiger partial charge in [-0.3, -0.25) is 4.79 Å². The molecule has 2 aromatic carbocycles. The van der Waals surface area contributed by atoms with Crippen LogP contribution in [-0.2, 0) is 11.3 Å². The highest BCUT2D eigenvalue weighted by Gasteiger charge is 2.25. The first-order valence-electron chi connectivity index (χ1n) is 10.7. The Bertz CT molecular complexity index is 1050. The van der Waals surface area contributed by atoms with Crippen molar-refractivity contribution in [2.24, 2.45) is 0 Å². The van der Waals surface area contributed by atoms with E-state index in [1.807, 2.05) is 55.5 Å². The fourth-order valence-electron chi connectivity index (χ4n) is 3.85. The van der Waals surface area contributed by atoms with E-state index in [1.54, 1.807) is 19.1 Å². The van der Waals surface area contributed by atoms with Gasteiger partial charge in [-0.25, -0.2) is 0 Å². The maximum atomic E-state index is 13.3. The molecule has 2 heterocycles. The van der Waals surface area contributed by atoms with Gasteiger partial charge in [0.05, 0.1) is 32.4 Å². The van der Waals surface area contributed by atoms with Crippen LogP contribution in [-0.4, -0.2) is 49.4 Å². The molecule has 1 aliphatic rings. The summed E-state index contributed by atoms with van der Waals surface area (Å²) in [5, 5.41) is 4.22. The van der Waals surface area contributed by atoms with Crippen LogP contribution in [0, 0.1) is 6.92 Å². The summed E-state index contributed by atoms with van der Waals surface area (Å²) in [5.41, 5.74) is 3.15. The Morgan fingerprint density at radius 1 is 1.12 bits per heavy atom. The summed E-state index contributed by atoms with van der Waals surface area (Å²) in [6.45, 7) is 3.57. The molecule has 1 atom stereocenters. The average molecular weight is 437 g/mol. The monoisotopic (exact) mass is 436 g/mol. The third kappa shape index (κ3) is 4.94. The molecule has 1 fully saturated rings. The van der Waals surface area contributed by atoms with Crippen LogP contribution in [0.5, 0.6) is 11.5 Å². The van der Waals surface area contributed by atoms with Crippen molar-refractivity contribution in [1.29, 1.82) is 0 Å². The molecule has 1 amide bonds. The van der Waals surface area contributed by atoms with Crippen molar-refractivity contribution in [3.8, 4) is 22.8 Å². The van der Waals surface area contributed by atoms with E-state index in [1.165, 1.54) is 0 Å². The van der Waals surface area contributed by atoms with E-state index >= 15 is 0 Å². The number of rotatable bonds is 8. The number of ether oxygens (including phenoxy) is 3. The zero-order chi connectivity index (χ0) is 22.5. The predicted octanol–water partition coefficient (Wildman–Crippen LogP) is 4.49. The molecule has 1 saturated heterocycles. The van der Waals surface area contributed by atoms with E-state index in [0.717, 1.165) is 30.6 Å². The Kier molecular flexibility index (Phi) is 6.75. The fraction of sp³-hybridized carbons (Fsp3) is 0.360. The number of aryl methyl sites for hydroxylation is 1. The van der Waals surface area contributed by atoms with Crippen molar-refractivity contribution in [2.75, 3.05) is 27.4 Å². The molecule has 0 aliphatic carbocycles. The molecule has 1 aliphatic heterocycles. The van der Waals surface area contributed by atoms with E-state index in [0.29, 0.717) is 41.6 Å². The Morgan fingerprint density at radius 2 is 1.94 bits per heavy atom. The standard InChI is InChI=1S/C25H28N2O5/c1-17-6-8-18(9-7-17)25(28)27(16-21-5-4-12-31-21)15-19-13-24(32-26-19)22-14-20(29-2)10-11-23(22)30-3/h6-11,13-14,21H,4-5,12,15-16H2,1-3H3/t21-/m1/s1. The van der Waals surface area contributed by atoms with Gasteiger partial charge >= 0.3 is 0 Å². The molecule has 0 N–H and O–H groups in total. The lowest BCUT2D eigenvalue weighted by atomic mass is 10.1. The molecule has 3 aromatic rings. The van der Waals surface area contributed by atoms with Gasteiger partial charge in [0.1, 0.15) is 17.2 Å². The minimum atomic E-state index is -0.0518. The fourth-order valence-corrected chi connectivity index (χ4v) is 3.85. The van der Waals surface area contributed by atoms with Gasteiger partial charge in [0, 0.05) is 24.8 Å². The van der Waals surface area contributed by atoms with Crippen LogP contribution >= 0.6 is 0 Å². The highest BCUT2D eigenvalue weighted by molar-refractivity contribution is 5.94. The van der Waals surface area contributed by atoms with Gasteiger partial charge < -0.3 is 23.6 Å². The molecule has 0 unspecified atom stereocenters. The van der Waals surface area contributed by atoms with Crippen molar-refractivity contribution in [2.45, 2.75) is 32.4 Å². The minimum Gasteiger partial charge on any atom is -0.497 e. The number of methoxy groups -OCH3 is 2. The number of nitrogens with zero attached hydrogens (tertiary/aromatic N) is 2. The van der Waals surface area contributed by atoms with Crippen molar-refractivity contribution in [3.63, 3.8) is 0 Å². The zero-order valence-corrected chi connectivity index (χ0v) is 18.7. The van der Waals surface area contributed by atoms with Gasteiger partial charge in [0.2, 0.25) is 0 Å². The SMILES string of the molecule is COc1ccc(OC)c(-c2cc(CN(C[C@H]3CCCO3)C(=O)c3ccc(C)cc3)no2)c1. The second-order valence-electron chi connectivity index (χ2n) is 7.94. The van der Waals surface area contributed by atoms with Crippen molar-refractivity contribution < 1.29 is 23.5 Å². The Balaban J connectivity index is 1.58. The molecule has 1 aromatic heterocycles. The molecule has 32 heavy (non-hydrogen) atoms. The second-order valence-corrected chi connectivity index (χ2v) is 7.94. The molecule has 7 heteroatoms. The maximum Gasteiger partial charge on any atom is 0.254 e. The lowest BCUT2D eigenvalue weighted by Crippen LogP contribution is -2.37. The quantitative estimate of drug-likeness (QED) is 0.518. The first kappa shape index (κ1) is 21.9. The molecule has 7 nitrogen and oxygen atoms in total. The van der Waals surface area contributed by atoms with Crippen LogP contribution in [0.15, 0.2) is 53.1 Å². The number of carbonyl (C=O) groups excluding carboxylic acids is 1. The van der Waals surface area contributed by atoms with Crippen LogP contribution in [0.3, 0.4) is 0 Å². The Hall–Kier alpha value is -3.32. The lowest BCUT2D eigenvalue weighted by Gasteiger charge is -2.24. The van der Waals surface area contributed by atoms with E-state index in [-0.39, 0.29) is 12.0 Å². The maximum absolute atomic E-state index is 13.3. The number of amides is 1. The van der Waals surface area contributed by atoms with Gasteiger partial charge in [-0.05, 0) is 50.1 Å². The molecule has 168 valence electrons. The first-order valence-corrected chi connectivity index (χ1v) is 10.7. The molecule has 0 saturated carbocycles. The van der Waals surface area contributed by atoms with Crippen LogP contribution in [0.25, 0.3) is 11.3 Å². The van der Waals surface area contributed by atoms with Gasteiger partial charge in [-0.2, -0.15) is 0 Å². The molecule has 0 bridgehead atoms. The predicted molar refractivity (Wildman–Crippen MR) is 120 cm³/mol. The van der Waals surface area contributed by atoms with Crippen LogP contribution in [0.4, 0.5) is 0 Å². The number of benzene rings is 2. The lowest BCUT2D eigenvalue weighted by molar-refractivity contribution is 0.0502. The summed E-state index contributed by atoms with van der Waals surface area (Å²) in [4.78, 5) is 15.1. The number of hydrogen-bond acceptors (Lipinski definition) is 6. The highest BCUT2D eigenvalue weighted by atomic mass is 16.5. The highest BCUT2D eigenvalue weighted by Crippen LogP contribution is 2.34. The zero-order valence-electron chi connectivity index (χ0n) is 18.7. The van der Waals surface area contributed by atoms with E-state index in [4.69, 9.17) is 18.7 Å². The first-order chi connectivity index (χ1) is 15.6. The molecule has 0 radical (unpaired) electrons. The second kappa shape index (κ2) is 9.87. The summed E-state index contributed by atoms with van der Waals surface area (Å²) in [7, 11) is 3.21. The molecule has 4 rings (SSSR count). The van der Waals surface area contributed by atoms with Gasteiger partial charge in [-0.1, -0.05) is 22.9 Å². The summed E-state index contributed by atoms with van der Waals surface area (Å²) in [6.07, 6.45) is 2.00. The largest absolute Gasteiger partial charge is 0.497 e. The number of hydrogen-bond donors (Lipinski definition) is 0. The van der Waals surface area contributed by atoms with Crippen molar-refractivity contribution in [1.82, 2.24) is 10.1 Å². The van der Waals surface area contributed by atoms with E-state index < -0.39 is 0 Å². The van der Waals surface area contributed by atoms with Crippen LogP contribution in [0.1, 0.15) is 34.5 Å². The topological polar surface area (TPSA) is 74.0 Å². The molecular formula is C25H28N2O5. The third-order valence-corrected chi connectivity index (χ3v) is 5.62. The number of aromatic nitrogens is 1. The Labute approximate surface area is 187 Å². The van der Waals surface area contributed by atoms with Crippen LogP contribution < -0.4 is 9.47 Å². The molecular weight excluding hydrogens is 408 g/mol. The Morgan fingerprint density at radius 3 is 2.62 bits per heavy atom. The summed E-state index contributed by atoms with van der Waals surface area (Å²) in [5.74, 6) is 1.84. The summed E-state index contributed by atoms with van der Waals surface area (Å²) in [6, 6.07) is 14.9. The minimum absolute atomic E-state index is 0.0363. The normalized spacial score (nSPS) is 15.5. The van der Waals surface area contributed by atoms with E-state index in [2.05, 4.69) is 5.16 Å².